The third-order valence-electron chi connectivity index (χ3n) is 4.75. The van der Waals surface area contributed by atoms with Crippen molar-refractivity contribution in [2.24, 2.45) is 0 Å². The Morgan fingerprint density at radius 3 is 2.50 bits per heavy atom. The topological polar surface area (TPSA) is 43.3 Å². The Bertz CT molecular complexity index is 1150. The molecule has 0 spiro atoms. The second kappa shape index (κ2) is 9.05. The number of aromatic nitrogens is 1. The van der Waals surface area contributed by atoms with Crippen molar-refractivity contribution < 1.29 is 13.9 Å². The van der Waals surface area contributed by atoms with Crippen molar-refractivity contribution in [2.75, 3.05) is 18.2 Å². The number of ether oxygens (including phenoxy) is 1. The Labute approximate surface area is 178 Å². The van der Waals surface area contributed by atoms with Gasteiger partial charge < -0.3 is 14.6 Å². The van der Waals surface area contributed by atoms with E-state index in [0.29, 0.717) is 12.3 Å². The summed E-state index contributed by atoms with van der Waals surface area (Å²) in [6, 6.07) is 21.9. The predicted octanol–water partition coefficient (Wildman–Crippen LogP) is 5.57. The molecule has 0 aliphatic heterocycles. The number of nitrogens with zero attached hydrogens (tertiary/aromatic N) is 1. The Hall–Kier alpha value is -3.25. The molecule has 3 aromatic carbocycles. The molecule has 0 aliphatic rings. The average molecular weight is 421 g/mol. The average Bonchev–Trinajstić information content (AvgIpc) is 3.12. The first-order valence-corrected chi connectivity index (χ1v) is 10.5. The molecule has 152 valence electrons. The smallest absolute Gasteiger partial charge is 0.234 e. The van der Waals surface area contributed by atoms with E-state index in [0.717, 1.165) is 32.8 Å². The summed E-state index contributed by atoms with van der Waals surface area (Å²) < 4.78 is 20.5. The van der Waals surface area contributed by atoms with Crippen LogP contribution >= 0.6 is 11.8 Å². The number of hydrogen-bond donors (Lipinski definition) is 1. The Balaban J connectivity index is 1.47. The minimum absolute atomic E-state index is 0.0690. The van der Waals surface area contributed by atoms with Crippen LogP contribution in [0.3, 0.4) is 0 Å². The number of thioether (sulfide) groups is 1. The van der Waals surface area contributed by atoms with Gasteiger partial charge in [0.1, 0.15) is 11.6 Å². The van der Waals surface area contributed by atoms with Gasteiger partial charge in [0, 0.05) is 34.2 Å². The maximum atomic E-state index is 13.2. The number of anilines is 1. The molecule has 6 heteroatoms. The summed E-state index contributed by atoms with van der Waals surface area (Å²) in [6.45, 7) is 0.638. The van der Waals surface area contributed by atoms with Crippen molar-refractivity contribution in [3.63, 3.8) is 0 Å². The number of para-hydroxylation sites is 1. The van der Waals surface area contributed by atoms with E-state index in [1.54, 1.807) is 19.2 Å². The number of nitrogens with one attached hydrogen (secondary N) is 1. The van der Waals surface area contributed by atoms with E-state index >= 15 is 0 Å². The van der Waals surface area contributed by atoms with Crippen molar-refractivity contribution in [1.29, 1.82) is 0 Å². The summed E-state index contributed by atoms with van der Waals surface area (Å²) in [5.74, 6) is 0.739. The summed E-state index contributed by atoms with van der Waals surface area (Å²) in [7, 11) is 1.61. The van der Waals surface area contributed by atoms with Gasteiger partial charge in [-0.15, -0.1) is 11.8 Å². The minimum Gasteiger partial charge on any atom is -0.497 e. The number of carbonyl (C=O) groups is 1. The van der Waals surface area contributed by atoms with Crippen molar-refractivity contribution >= 4 is 34.3 Å². The maximum Gasteiger partial charge on any atom is 0.234 e. The van der Waals surface area contributed by atoms with Gasteiger partial charge in [0.05, 0.1) is 12.9 Å². The molecule has 4 aromatic rings. The SMILES string of the molecule is COc1ccc(NC(=O)CSc2cn(Cc3ccc(F)cc3)c3ccccc23)cc1. The number of hydrogen-bond acceptors (Lipinski definition) is 3. The van der Waals surface area contributed by atoms with Gasteiger partial charge in [0.15, 0.2) is 0 Å². The van der Waals surface area contributed by atoms with Gasteiger partial charge in [-0.05, 0) is 48.0 Å². The number of benzene rings is 3. The van der Waals surface area contributed by atoms with E-state index in [2.05, 4.69) is 28.2 Å². The molecule has 0 atom stereocenters. The first-order valence-electron chi connectivity index (χ1n) is 9.51. The summed E-state index contributed by atoms with van der Waals surface area (Å²) in [4.78, 5) is 13.4. The summed E-state index contributed by atoms with van der Waals surface area (Å²) in [5, 5.41) is 4.00. The van der Waals surface area contributed by atoms with Gasteiger partial charge in [0.25, 0.3) is 0 Å². The fraction of sp³-hybridized carbons (Fsp3) is 0.125. The highest BCUT2D eigenvalue weighted by Gasteiger charge is 2.11. The molecule has 0 radical (unpaired) electrons. The van der Waals surface area contributed by atoms with E-state index in [9.17, 15) is 9.18 Å². The summed E-state index contributed by atoms with van der Waals surface area (Å²) in [5.41, 5.74) is 2.84. The van der Waals surface area contributed by atoms with Crippen LogP contribution in [-0.4, -0.2) is 23.3 Å². The van der Waals surface area contributed by atoms with Crippen LogP contribution in [0.15, 0.2) is 83.9 Å². The molecule has 30 heavy (non-hydrogen) atoms. The zero-order chi connectivity index (χ0) is 20.9. The predicted molar refractivity (Wildman–Crippen MR) is 120 cm³/mol. The van der Waals surface area contributed by atoms with Crippen molar-refractivity contribution in [3.05, 3.63) is 90.4 Å². The van der Waals surface area contributed by atoms with Crippen LogP contribution in [0.4, 0.5) is 10.1 Å². The van der Waals surface area contributed by atoms with Crippen LogP contribution in [-0.2, 0) is 11.3 Å². The van der Waals surface area contributed by atoms with E-state index < -0.39 is 0 Å². The van der Waals surface area contributed by atoms with Gasteiger partial charge >= 0.3 is 0 Å². The number of amides is 1. The first-order chi connectivity index (χ1) is 14.6. The number of fused-ring (bicyclic) bond motifs is 1. The van der Waals surface area contributed by atoms with Crippen LogP contribution < -0.4 is 10.1 Å². The lowest BCUT2D eigenvalue weighted by molar-refractivity contribution is -0.113. The Morgan fingerprint density at radius 1 is 1.03 bits per heavy atom. The van der Waals surface area contributed by atoms with Crippen LogP contribution in [0.1, 0.15) is 5.56 Å². The van der Waals surface area contributed by atoms with Crippen LogP contribution in [0.2, 0.25) is 0 Å². The quantitative estimate of drug-likeness (QED) is 0.398. The Morgan fingerprint density at radius 2 is 1.77 bits per heavy atom. The monoisotopic (exact) mass is 420 g/mol. The van der Waals surface area contributed by atoms with Gasteiger partial charge in [-0.2, -0.15) is 0 Å². The fourth-order valence-electron chi connectivity index (χ4n) is 3.26. The lowest BCUT2D eigenvalue weighted by Crippen LogP contribution is -2.13. The van der Waals surface area contributed by atoms with Crippen molar-refractivity contribution in [3.8, 4) is 5.75 Å². The van der Waals surface area contributed by atoms with Crippen LogP contribution in [0, 0.1) is 5.82 Å². The molecule has 0 aliphatic carbocycles. The third-order valence-corrected chi connectivity index (χ3v) is 5.79. The van der Waals surface area contributed by atoms with Gasteiger partial charge in [-0.3, -0.25) is 4.79 Å². The number of carbonyl (C=O) groups excluding carboxylic acids is 1. The molecule has 0 bridgehead atoms. The van der Waals surface area contributed by atoms with E-state index in [1.807, 2.05) is 36.4 Å². The molecule has 1 heterocycles. The normalized spacial score (nSPS) is 10.9. The van der Waals surface area contributed by atoms with Crippen LogP contribution in [0.25, 0.3) is 10.9 Å². The lowest BCUT2D eigenvalue weighted by atomic mass is 10.2. The molecule has 1 amide bonds. The lowest BCUT2D eigenvalue weighted by Gasteiger charge is -2.06. The van der Waals surface area contributed by atoms with E-state index in [4.69, 9.17) is 4.74 Å². The second-order valence-electron chi connectivity index (χ2n) is 6.83. The van der Waals surface area contributed by atoms with Gasteiger partial charge in [0.2, 0.25) is 5.91 Å². The molecule has 0 unspecified atom stereocenters. The molecule has 0 fully saturated rings. The molecule has 4 rings (SSSR count). The van der Waals surface area contributed by atoms with Crippen molar-refractivity contribution in [2.45, 2.75) is 11.4 Å². The number of methoxy groups -OCH3 is 1. The summed E-state index contributed by atoms with van der Waals surface area (Å²) in [6.07, 6.45) is 2.05. The van der Waals surface area contributed by atoms with Crippen LogP contribution in [0.5, 0.6) is 5.75 Å². The minimum atomic E-state index is -0.241. The zero-order valence-electron chi connectivity index (χ0n) is 16.5. The highest BCUT2D eigenvalue weighted by atomic mass is 32.2. The molecule has 0 saturated carbocycles. The van der Waals surface area contributed by atoms with E-state index in [-0.39, 0.29) is 11.7 Å². The fourth-order valence-corrected chi connectivity index (χ4v) is 4.15. The van der Waals surface area contributed by atoms with Gasteiger partial charge in [-0.25, -0.2) is 4.39 Å². The number of halogens is 1. The molecular weight excluding hydrogens is 399 g/mol. The molecular formula is C24H21FN2O2S. The third kappa shape index (κ3) is 4.66. The zero-order valence-corrected chi connectivity index (χ0v) is 17.3. The van der Waals surface area contributed by atoms with Gasteiger partial charge in [-0.1, -0.05) is 30.3 Å². The largest absolute Gasteiger partial charge is 0.497 e. The van der Waals surface area contributed by atoms with E-state index in [1.165, 1.54) is 23.9 Å². The number of rotatable bonds is 7. The maximum absolute atomic E-state index is 13.2. The highest BCUT2D eigenvalue weighted by Crippen LogP contribution is 2.30. The summed E-state index contributed by atoms with van der Waals surface area (Å²) >= 11 is 1.50. The molecule has 0 saturated heterocycles. The second-order valence-corrected chi connectivity index (χ2v) is 7.85. The molecule has 1 N–H and O–H groups in total. The standard InChI is InChI=1S/C24H21FN2O2S/c1-29-20-12-10-19(11-13-20)26-24(28)16-30-23-15-27(22-5-3-2-4-21(22)23)14-17-6-8-18(25)9-7-17/h2-13,15H,14,16H2,1H3,(H,26,28). The molecule has 4 nitrogen and oxygen atoms in total. The highest BCUT2D eigenvalue weighted by molar-refractivity contribution is 8.00. The van der Waals surface area contributed by atoms with Crippen molar-refractivity contribution in [1.82, 2.24) is 4.57 Å². The molecule has 1 aromatic heterocycles. The first kappa shape index (κ1) is 20.0. The Kier molecular flexibility index (Phi) is 6.05.